The highest BCUT2D eigenvalue weighted by Gasteiger charge is 2.19. The summed E-state index contributed by atoms with van der Waals surface area (Å²) in [7, 11) is 0. The van der Waals surface area contributed by atoms with Crippen LogP contribution in [0.3, 0.4) is 0 Å². The molecule has 4 rings (SSSR count). The topological polar surface area (TPSA) is 74.9 Å². The second-order valence-corrected chi connectivity index (χ2v) is 8.67. The highest BCUT2D eigenvalue weighted by atomic mass is 35.5. The summed E-state index contributed by atoms with van der Waals surface area (Å²) in [5.41, 5.74) is 1.91. The van der Waals surface area contributed by atoms with E-state index in [2.05, 4.69) is 15.0 Å². The Balaban J connectivity index is 1.76. The summed E-state index contributed by atoms with van der Waals surface area (Å²) < 4.78 is 30.8. The minimum atomic E-state index is -1.18. The Morgan fingerprint density at radius 2 is 1.76 bits per heavy atom. The fraction of sp³-hybridized carbons (Fsp3) is 0.0500. The molecule has 0 amide bonds. The molecule has 0 saturated heterocycles. The highest BCUT2D eigenvalue weighted by Crippen LogP contribution is 2.38. The van der Waals surface area contributed by atoms with E-state index in [-0.39, 0.29) is 5.82 Å². The van der Waals surface area contributed by atoms with Crippen molar-refractivity contribution >= 4 is 34.5 Å². The Kier molecular flexibility index (Phi) is 5.86. The van der Waals surface area contributed by atoms with Gasteiger partial charge in [0.05, 0.1) is 5.02 Å². The van der Waals surface area contributed by atoms with Crippen LogP contribution >= 0.6 is 23.4 Å². The van der Waals surface area contributed by atoms with Crippen LogP contribution in [-0.4, -0.2) is 25.8 Å². The first-order valence-electron chi connectivity index (χ1n) is 8.35. The zero-order valence-corrected chi connectivity index (χ0v) is 17.4. The van der Waals surface area contributed by atoms with Crippen molar-refractivity contribution in [2.45, 2.75) is 15.1 Å². The lowest BCUT2D eigenvalue weighted by molar-refractivity contribution is 0.485. The molecule has 3 heterocycles. The van der Waals surface area contributed by atoms with Gasteiger partial charge >= 0.3 is 0 Å². The van der Waals surface area contributed by atoms with E-state index in [0.717, 1.165) is 0 Å². The van der Waals surface area contributed by atoms with Crippen LogP contribution < -0.4 is 0 Å². The third-order valence-corrected chi connectivity index (χ3v) is 5.86. The van der Waals surface area contributed by atoms with Gasteiger partial charge in [-0.25, -0.2) is 19.3 Å². The van der Waals surface area contributed by atoms with Gasteiger partial charge in [0.25, 0.3) is 0 Å². The predicted octanol–water partition coefficient (Wildman–Crippen LogP) is 5.48. The third kappa shape index (κ3) is 4.62. The molecule has 3 aromatic heterocycles. The van der Waals surface area contributed by atoms with Gasteiger partial charge in [0.2, 0.25) is 10.9 Å². The van der Waals surface area contributed by atoms with E-state index >= 15 is 0 Å². The number of rotatable bonds is 5. The van der Waals surface area contributed by atoms with Gasteiger partial charge in [0.15, 0.2) is 5.09 Å². The number of nitrogens with zero attached hydrogens (tertiary/aromatic N) is 3. The molecule has 0 bridgehead atoms. The number of hydrogen-bond donors (Lipinski definition) is 0. The predicted molar refractivity (Wildman–Crippen MR) is 111 cm³/mol. The zero-order valence-electron chi connectivity index (χ0n) is 15.0. The molecule has 0 unspecified atom stereocenters. The van der Waals surface area contributed by atoms with Crippen LogP contribution in [0, 0.1) is 5.82 Å². The molecule has 0 N–H and O–H groups in total. The number of hydrogen-bond acceptors (Lipinski definition) is 6. The number of pyridine rings is 2. The molecule has 0 aliphatic carbocycles. The number of benzene rings is 1. The van der Waals surface area contributed by atoms with Crippen molar-refractivity contribution in [3.05, 3.63) is 71.8 Å². The second kappa shape index (κ2) is 8.54. The van der Waals surface area contributed by atoms with Crippen molar-refractivity contribution < 1.29 is 13.4 Å². The normalized spacial score (nSPS) is 12.1. The van der Waals surface area contributed by atoms with E-state index in [1.54, 1.807) is 55.0 Å². The second-order valence-electron chi connectivity index (χ2n) is 5.92. The third-order valence-electron chi connectivity index (χ3n) is 3.89. The van der Waals surface area contributed by atoms with Gasteiger partial charge in [-0.1, -0.05) is 11.6 Å². The highest BCUT2D eigenvalue weighted by molar-refractivity contribution is 7.99. The first-order valence-corrected chi connectivity index (χ1v) is 11.1. The minimum Gasteiger partial charge on any atom is -0.610 e. The Bertz CT molecular complexity index is 1120. The van der Waals surface area contributed by atoms with Gasteiger partial charge in [0.1, 0.15) is 22.8 Å². The molecular weight excluding hydrogens is 433 g/mol. The van der Waals surface area contributed by atoms with Crippen molar-refractivity contribution in [3.63, 3.8) is 0 Å². The zero-order chi connectivity index (χ0) is 20.4. The molecule has 5 nitrogen and oxygen atoms in total. The molecule has 146 valence electrons. The summed E-state index contributed by atoms with van der Waals surface area (Å²) in [6.07, 6.45) is 4.72. The summed E-state index contributed by atoms with van der Waals surface area (Å²) in [4.78, 5) is 13.1. The first-order chi connectivity index (χ1) is 14.0. The Morgan fingerprint density at radius 3 is 2.38 bits per heavy atom. The first kappa shape index (κ1) is 19.9. The van der Waals surface area contributed by atoms with E-state index in [0.29, 0.717) is 42.9 Å². The Morgan fingerprint density at radius 1 is 1.00 bits per heavy atom. The molecular formula is C20H13ClFN3O2S2. The fourth-order valence-electron chi connectivity index (χ4n) is 2.48. The van der Waals surface area contributed by atoms with Crippen LogP contribution in [0.15, 0.2) is 80.5 Å². The molecule has 1 aromatic carbocycles. The van der Waals surface area contributed by atoms with Gasteiger partial charge in [-0.15, -0.1) is 0 Å². The monoisotopic (exact) mass is 445 g/mol. The number of oxazole rings is 1. The van der Waals surface area contributed by atoms with Crippen molar-refractivity contribution in [2.24, 2.45) is 0 Å². The van der Waals surface area contributed by atoms with Crippen LogP contribution in [0.5, 0.6) is 0 Å². The molecule has 0 aliphatic heterocycles. The van der Waals surface area contributed by atoms with Crippen LogP contribution in [0.25, 0.3) is 22.7 Å². The van der Waals surface area contributed by atoms with E-state index in [9.17, 15) is 8.94 Å². The molecule has 0 saturated carbocycles. The van der Waals surface area contributed by atoms with Gasteiger partial charge in [-0.2, -0.15) is 0 Å². The smallest absolute Gasteiger partial charge is 0.244 e. The van der Waals surface area contributed by atoms with Gasteiger partial charge < -0.3 is 8.97 Å². The molecule has 29 heavy (non-hydrogen) atoms. The lowest BCUT2D eigenvalue weighted by Crippen LogP contribution is -1.99. The largest absolute Gasteiger partial charge is 0.610 e. The minimum absolute atomic E-state index is 0.340. The Hall–Kier alpha value is -2.39. The van der Waals surface area contributed by atoms with E-state index in [1.165, 1.54) is 23.9 Å². The molecule has 9 heteroatoms. The summed E-state index contributed by atoms with van der Waals surface area (Å²) in [5.74, 6) is 0.00690. The van der Waals surface area contributed by atoms with E-state index in [1.807, 2.05) is 0 Å². The SMILES string of the molecule is C[S@+]([O-])c1ccc(-c2nc(-c3ccc(F)cc3)oc2Sc2ccc(Cl)cn2)cn1. The summed E-state index contributed by atoms with van der Waals surface area (Å²) in [6.45, 7) is 0. The molecule has 1 atom stereocenters. The summed E-state index contributed by atoms with van der Waals surface area (Å²) in [5, 5.41) is 2.19. The quantitative estimate of drug-likeness (QED) is 0.378. The standard InChI is InChI=1S/C20H13ClFN3O2S2/c1-29(26)17-9-4-13(10-24-17)18-20(28-16-8-5-14(21)11-23-16)27-19(25-18)12-2-6-15(22)7-3-12/h2-11H,1H3/t29-/m0/s1. The van der Waals surface area contributed by atoms with E-state index in [4.69, 9.17) is 16.0 Å². The average Bonchev–Trinajstić information content (AvgIpc) is 3.14. The maximum atomic E-state index is 13.3. The Labute approximate surface area is 178 Å². The van der Waals surface area contributed by atoms with Crippen molar-refractivity contribution in [1.82, 2.24) is 15.0 Å². The van der Waals surface area contributed by atoms with Crippen LogP contribution in [0.4, 0.5) is 4.39 Å². The fourth-order valence-corrected chi connectivity index (χ4v) is 3.87. The molecule has 0 aliphatic rings. The van der Waals surface area contributed by atoms with Crippen molar-refractivity contribution in [1.29, 1.82) is 0 Å². The number of aromatic nitrogens is 3. The molecule has 0 radical (unpaired) electrons. The van der Waals surface area contributed by atoms with Gasteiger partial charge in [-0.3, -0.25) is 0 Å². The van der Waals surface area contributed by atoms with Crippen molar-refractivity contribution in [2.75, 3.05) is 6.26 Å². The van der Waals surface area contributed by atoms with E-state index < -0.39 is 11.2 Å². The van der Waals surface area contributed by atoms with Crippen LogP contribution in [-0.2, 0) is 11.2 Å². The number of halogens is 2. The summed E-state index contributed by atoms with van der Waals surface area (Å²) >= 11 is 6.02. The lowest BCUT2D eigenvalue weighted by Gasteiger charge is -2.04. The van der Waals surface area contributed by atoms with Gasteiger partial charge in [0, 0.05) is 40.8 Å². The van der Waals surface area contributed by atoms with Crippen molar-refractivity contribution in [3.8, 4) is 22.7 Å². The van der Waals surface area contributed by atoms with Gasteiger partial charge in [-0.05, 0) is 54.2 Å². The average molecular weight is 446 g/mol. The summed E-state index contributed by atoms with van der Waals surface area (Å²) in [6, 6.07) is 12.9. The molecule has 0 spiro atoms. The van der Waals surface area contributed by atoms with Crippen LogP contribution in [0.2, 0.25) is 5.02 Å². The molecule has 4 aromatic rings. The maximum Gasteiger partial charge on any atom is 0.244 e. The maximum absolute atomic E-state index is 13.3. The molecule has 0 fully saturated rings. The van der Waals surface area contributed by atoms with Crippen LogP contribution in [0.1, 0.15) is 0 Å². The lowest BCUT2D eigenvalue weighted by atomic mass is 10.2.